The SMILES string of the molecule is O=C(O)CCOCCCCCCCCCCCCNNC(=O)O. The molecule has 136 valence electrons. The van der Waals surface area contributed by atoms with Gasteiger partial charge >= 0.3 is 12.1 Å². The molecule has 4 N–H and O–H groups in total. The van der Waals surface area contributed by atoms with E-state index in [0.717, 1.165) is 25.7 Å². The van der Waals surface area contributed by atoms with Crippen molar-refractivity contribution in [1.29, 1.82) is 0 Å². The number of rotatable bonds is 17. The lowest BCUT2D eigenvalue weighted by Gasteiger charge is -2.05. The predicted molar refractivity (Wildman–Crippen MR) is 88.4 cm³/mol. The van der Waals surface area contributed by atoms with Crippen LogP contribution in [0.25, 0.3) is 0 Å². The molecule has 0 saturated carbocycles. The number of carboxylic acids is 1. The largest absolute Gasteiger partial charge is 0.481 e. The number of ether oxygens (including phenoxy) is 1. The van der Waals surface area contributed by atoms with Crippen LogP contribution in [-0.4, -0.2) is 42.0 Å². The molecule has 0 rings (SSSR count). The average molecular weight is 332 g/mol. The molecule has 0 aromatic carbocycles. The van der Waals surface area contributed by atoms with Crippen molar-refractivity contribution >= 4 is 12.1 Å². The second-order valence-electron chi connectivity index (χ2n) is 5.65. The van der Waals surface area contributed by atoms with Crippen LogP contribution in [0, 0.1) is 0 Å². The molecule has 7 heteroatoms. The van der Waals surface area contributed by atoms with Gasteiger partial charge in [-0.2, -0.15) is 0 Å². The highest BCUT2D eigenvalue weighted by Gasteiger charge is 1.97. The Morgan fingerprint density at radius 3 is 1.78 bits per heavy atom. The van der Waals surface area contributed by atoms with E-state index in [0.29, 0.717) is 19.8 Å². The van der Waals surface area contributed by atoms with Gasteiger partial charge in [-0.25, -0.2) is 10.2 Å². The Kier molecular flexibility index (Phi) is 16.0. The van der Waals surface area contributed by atoms with Gasteiger partial charge in [-0.15, -0.1) is 0 Å². The third-order valence-electron chi connectivity index (χ3n) is 3.50. The fourth-order valence-corrected chi connectivity index (χ4v) is 2.23. The Labute approximate surface area is 138 Å². The van der Waals surface area contributed by atoms with E-state index >= 15 is 0 Å². The monoisotopic (exact) mass is 332 g/mol. The quantitative estimate of drug-likeness (QED) is 0.241. The fourth-order valence-electron chi connectivity index (χ4n) is 2.23. The lowest BCUT2D eigenvalue weighted by Crippen LogP contribution is -2.36. The Hall–Kier alpha value is -1.34. The van der Waals surface area contributed by atoms with Crippen LogP contribution in [0.2, 0.25) is 0 Å². The lowest BCUT2D eigenvalue weighted by molar-refractivity contribution is -0.138. The molecule has 1 amide bonds. The molecule has 0 bridgehead atoms. The maximum atomic E-state index is 10.3. The standard InChI is InChI=1S/C16H32N2O5/c19-15(20)11-14-23-13-10-8-6-4-2-1-3-5-7-9-12-17-18-16(21)22/h17-18H,1-14H2,(H,19,20)(H,21,22). The second kappa shape index (κ2) is 17.0. The van der Waals surface area contributed by atoms with Crippen LogP contribution in [-0.2, 0) is 9.53 Å². The molecule has 7 nitrogen and oxygen atoms in total. The highest BCUT2D eigenvalue weighted by Crippen LogP contribution is 2.10. The zero-order valence-corrected chi connectivity index (χ0v) is 14.0. The van der Waals surface area contributed by atoms with E-state index in [1.807, 2.05) is 0 Å². The Morgan fingerprint density at radius 2 is 1.26 bits per heavy atom. The van der Waals surface area contributed by atoms with Crippen LogP contribution in [0.1, 0.15) is 70.6 Å². The molecule has 0 atom stereocenters. The van der Waals surface area contributed by atoms with E-state index in [4.69, 9.17) is 14.9 Å². The molecular formula is C16H32N2O5. The molecule has 0 aliphatic rings. The summed E-state index contributed by atoms with van der Waals surface area (Å²) >= 11 is 0. The van der Waals surface area contributed by atoms with Crippen LogP contribution in [0.3, 0.4) is 0 Å². The Bertz CT molecular complexity index is 272. The van der Waals surface area contributed by atoms with Gasteiger partial charge in [0, 0.05) is 13.2 Å². The summed E-state index contributed by atoms with van der Waals surface area (Å²) in [7, 11) is 0. The van der Waals surface area contributed by atoms with E-state index in [1.165, 1.54) is 38.5 Å². The second-order valence-corrected chi connectivity index (χ2v) is 5.65. The summed E-state index contributed by atoms with van der Waals surface area (Å²) < 4.78 is 5.23. The summed E-state index contributed by atoms with van der Waals surface area (Å²) in [6.45, 7) is 1.66. The highest BCUT2D eigenvalue weighted by atomic mass is 16.5. The molecule has 23 heavy (non-hydrogen) atoms. The number of hydrazine groups is 1. The molecular weight excluding hydrogens is 300 g/mol. The summed E-state index contributed by atoms with van der Waals surface area (Å²) in [6.07, 6.45) is 10.7. The molecule has 0 radical (unpaired) electrons. The predicted octanol–water partition coefficient (Wildman–Crippen LogP) is 3.15. The molecule has 0 spiro atoms. The first-order valence-corrected chi connectivity index (χ1v) is 8.64. The molecule has 0 aromatic rings. The number of carboxylic acid groups (broad SMARTS) is 2. The van der Waals surface area contributed by atoms with Crippen LogP contribution in [0.5, 0.6) is 0 Å². The molecule has 0 aliphatic carbocycles. The van der Waals surface area contributed by atoms with Gasteiger partial charge < -0.3 is 14.9 Å². The van der Waals surface area contributed by atoms with E-state index < -0.39 is 12.1 Å². The maximum absolute atomic E-state index is 10.3. The summed E-state index contributed by atoms with van der Waals surface area (Å²) in [5.74, 6) is -0.807. The zero-order chi connectivity index (χ0) is 17.2. The first-order chi connectivity index (χ1) is 11.1. The number of amides is 1. The number of hydrogen-bond donors (Lipinski definition) is 4. The smallest absolute Gasteiger partial charge is 0.419 e. The van der Waals surface area contributed by atoms with Gasteiger partial charge in [0.2, 0.25) is 0 Å². The van der Waals surface area contributed by atoms with E-state index in [9.17, 15) is 9.59 Å². The van der Waals surface area contributed by atoms with E-state index in [-0.39, 0.29) is 6.42 Å². The summed E-state index contributed by atoms with van der Waals surface area (Å²) in [5.41, 5.74) is 4.77. The first-order valence-electron chi connectivity index (χ1n) is 8.64. The Balaban J connectivity index is 3.00. The van der Waals surface area contributed by atoms with E-state index in [1.54, 1.807) is 0 Å². The van der Waals surface area contributed by atoms with Gasteiger partial charge in [0.05, 0.1) is 13.0 Å². The van der Waals surface area contributed by atoms with Crippen LogP contribution >= 0.6 is 0 Å². The van der Waals surface area contributed by atoms with Crippen LogP contribution in [0.4, 0.5) is 4.79 Å². The van der Waals surface area contributed by atoms with Gasteiger partial charge in [-0.1, -0.05) is 51.4 Å². The molecule has 0 heterocycles. The lowest BCUT2D eigenvalue weighted by atomic mass is 10.1. The summed E-state index contributed by atoms with van der Waals surface area (Å²) in [5, 5.41) is 16.8. The molecule has 0 aromatic heterocycles. The van der Waals surface area contributed by atoms with Gasteiger partial charge in [-0.05, 0) is 12.8 Å². The van der Waals surface area contributed by atoms with Crippen molar-refractivity contribution in [2.45, 2.75) is 70.6 Å². The number of carbonyl (C=O) groups is 2. The molecule has 0 aliphatic heterocycles. The molecule has 0 saturated heterocycles. The summed E-state index contributed by atoms with van der Waals surface area (Å²) in [6, 6.07) is 0. The minimum atomic E-state index is -1.04. The number of nitrogens with one attached hydrogen (secondary N) is 2. The van der Waals surface area contributed by atoms with Gasteiger partial charge in [0.25, 0.3) is 0 Å². The summed E-state index contributed by atoms with van der Waals surface area (Å²) in [4.78, 5) is 20.4. The third kappa shape index (κ3) is 20.7. The Morgan fingerprint density at radius 1 is 0.739 bits per heavy atom. The highest BCUT2D eigenvalue weighted by molar-refractivity contribution is 5.66. The van der Waals surface area contributed by atoms with Crippen molar-refractivity contribution in [3.63, 3.8) is 0 Å². The van der Waals surface area contributed by atoms with Crippen molar-refractivity contribution in [3.05, 3.63) is 0 Å². The third-order valence-corrected chi connectivity index (χ3v) is 3.50. The van der Waals surface area contributed by atoms with Gasteiger partial charge in [0.1, 0.15) is 0 Å². The van der Waals surface area contributed by atoms with Crippen molar-refractivity contribution in [2.24, 2.45) is 0 Å². The van der Waals surface area contributed by atoms with Crippen molar-refractivity contribution in [1.82, 2.24) is 10.9 Å². The minimum Gasteiger partial charge on any atom is -0.481 e. The van der Waals surface area contributed by atoms with Crippen molar-refractivity contribution in [3.8, 4) is 0 Å². The normalized spacial score (nSPS) is 10.6. The average Bonchev–Trinajstić information content (AvgIpc) is 2.49. The minimum absolute atomic E-state index is 0.0894. The molecule has 0 unspecified atom stereocenters. The van der Waals surface area contributed by atoms with E-state index in [2.05, 4.69) is 10.9 Å². The number of hydrogen-bond acceptors (Lipinski definition) is 4. The molecule has 0 fully saturated rings. The fraction of sp³-hybridized carbons (Fsp3) is 0.875. The topological polar surface area (TPSA) is 108 Å². The first kappa shape index (κ1) is 21.7. The van der Waals surface area contributed by atoms with Gasteiger partial charge in [0.15, 0.2) is 0 Å². The van der Waals surface area contributed by atoms with Crippen molar-refractivity contribution in [2.75, 3.05) is 19.8 Å². The number of unbranched alkanes of at least 4 members (excludes halogenated alkanes) is 9. The van der Waals surface area contributed by atoms with Crippen molar-refractivity contribution < 1.29 is 24.5 Å². The zero-order valence-electron chi connectivity index (χ0n) is 14.0. The van der Waals surface area contributed by atoms with Crippen LogP contribution in [0.15, 0.2) is 0 Å². The van der Waals surface area contributed by atoms with Crippen LogP contribution < -0.4 is 10.9 Å². The maximum Gasteiger partial charge on any atom is 0.419 e. The van der Waals surface area contributed by atoms with Gasteiger partial charge in [-0.3, -0.25) is 10.2 Å². The number of aliphatic carboxylic acids is 1.